The number of aromatic amines is 1. The van der Waals surface area contributed by atoms with Gasteiger partial charge in [0.2, 0.25) is 0 Å². The first-order chi connectivity index (χ1) is 20.5. The number of benzene rings is 4. The third-order valence-corrected chi connectivity index (χ3v) is 7.81. The Hall–Kier alpha value is -4.50. The van der Waals surface area contributed by atoms with Crippen LogP contribution < -0.4 is 5.32 Å². The Morgan fingerprint density at radius 2 is 1.71 bits per heavy atom. The van der Waals surface area contributed by atoms with Crippen molar-refractivity contribution >= 4 is 34.5 Å². The van der Waals surface area contributed by atoms with Gasteiger partial charge in [-0.1, -0.05) is 72.3 Å². The number of aromatic carboxylic acids is 1. The summed E-state index contributed by atoms with van der Waals surface area (Å²) in [4.78, 5) is 36.4. The van der Waals surface area contributed by atoms with Crippen LogP contribution in [0.15, 0.2) is 91.0 Å². The molecule has 0 saturated carbocycles. The second kappa shape index (κ2) is 12.2. The fourth-order valence-corrected chi connectivity index (χ4v) is 5.64. The van der Waals surface area contributed by atoms with Gasteiger partial charge in [0.1, 0.15) is 5.82 Å². The second-order valence-corrected chi connectivity index (χ2v) is 10.6. The lowest BCUT2D eigenvalue weighted by atomic mass is 9.93. The van der Waals surface area contributed by atoms with Crippen molar-refractivity contribution in [3.63, 3.8) is 0 Å². The van der Waals surface area contributed by atoms with Gasteiger partial charge in [-0.15, -0.1) is 0 Å². The van der Waals surface area contributed by atoms with E-state index in [-0.39, 0.29) is 23.1 Å². The normalized spacial score (nSPS) is 14.5. The molecule has 0 spiro atoms. The van der Waals surface area contributed by atoms with E-state index in [1.807, 2.05) is 60.7 Å². The molecular weight excluding hydrogens is 552 g/mol. The number of H-pyrrole nitrogens is 1. The first-order valence-corrected chi connectivity index (χ1v) is 14.1. The van der Waals surface area contributed by atoms with E-state index in [1.54, 1.807) is 24.3 Å². The molecule has 1 aliphatic heterocycles. The molecule has 1 fully saturated rings. The number of imidazole rings is 1. The van der Waals surface area contributed by atoms with Crippen LogP contribution in [0.4, 0.5) is 0 Å². The fraction of sp³-hybridized carbons (Fsp3) is 0.182. The summed E-state index contributed by atoms with van der Waals surface area (Å²) in [7, 11) is 0. The molecule has 2 heterocycles. The molecule has 1 atom stereocenters. The van der Waals surface area contributed by atoms with Crippen LogP contribution >= 0.6 is 11.6 Å². The molecule has 6 rings (SSSR count). The number of aromatic nitrogens is 2. The van der Waals surface area contributed by atoms with Crippen molar-refractivity contribution in [2.24, 2.45) is 0 Å². The SMILES string of the molecule is O=C(N[C@H](CN1CCOCC1)c1ccccc1)c1ccc(-c2c(Cl)cccc2-c2nc3ccccc3[nH]2)c(C(=O)O)c1. The lowest BCUT2D eigenvalue weighted by Gasteiger charge is -2.31. The zero-order valence-electron chi connectivity index (χ0n) is 22.7. The number of nitrogens with zero attached hydrogens (tertiary/aromatic N) is 2. The highest BCUT2D eigenvalue weighted by molar-refractivity contribution is 6.34. The highest BCUT2D eigenvalue weighted by Crippen LogP contribution is 2.39. The maximum absolute atomic E-state index is 13.6. The van der Waals surface area contributed by atoms with Crippen LogP contribution in [-0.2, 0) is 4.74 Å². The van der Waals surface area contributed by atoms with Gasteiger partial charge in [0, 0.05) is 41.3 Å². The predicted octanol–water partition coefficient (Wildman–Crippen LogP) is 6.05. The van der Waals surface area contributed by atoms with Crippen molar-refractivity contribution in [3.05, 3.63) is 113 Å². The third kappa shape index (κ3) is 5.78. The van der Waals surface area contributed by atoms with Crippen LogP contribution in [0.25, 0.3) is 33.5 Å². The molecule has 8 nitrogen and oxygen atoms in total. The van der Waals surface area contributed by atoms with E-state index in [0.29, 0.717) is 47.3 Å². The van der Waals surface area contributed by atoms with E-state index >= 15 is 0 Å². The van der Waals surface area contributed by atoms with Gasteiger partial charge in [0.15, 0.2) is 0 Å². The molecule has 9 heteroatoms. The topological polar surface area (TPSA) is 108 Å². The molecule has 5 aromatic rings. The van der Waals surface area contributed by atoms with Crippen molar-refractivity contribution < 1.29 is 19.4 Å². The number of nitrogens with one attached hydrogen (secondary N) is 2. The van der Waals surface area contributed by atoms with E-state index in [4.69, 9.17) is 21.3 Å². The predicted molar refractivity (Wildman–Crippen MR) is 163 cm³/mol. The van der Waals surface area contributed by atoms with Crippen molar-refractivity contribution in [1.82, 2.24) is 20.2 Å². The van der Waals surface area contributed by atoms with Crippen LogP contribution in [0, 0.1) is 0 Å². The lowest BCUT2D eigenvalue weighted by Crippen LogP contribution is -2.43. The Bertz CT molecular complexity index is 1720. The standard InChI is InChI=1S/C33H29ClN4O4/c34-26-10-6-9-24(31-35-27-11-4-5-12-28(27)36-31)30(26)23-14-13-22(19-25(23)33(40)41)32(39)37-29(21-7-2-1-3-8-21)20-38-15-17-42-18-16-38/h1-14,19,29H,15-18,20H2,(H,35,36)(H,37,39)(H,40,41)/t29-/m1/s1. The van der Waals surface area contributed by atoms with Crippen molar-refractivity contribution in [2.75, 3.05) is 32.8 Å². The Labute approximate surface area is 247 Å². The monoisotopic (exact) mass is 580 g/mol. The fourth-order valence-electron chi connectivity index (χ4n) is 5.36. The summed E-state index contributed by atoms with van der Waals surface area (Å²) in [6.07, 6.45) is 0. The summed E-state index contributed by atoms with van der Waals surface area (Å²) < 4.78 is 5.48. The minimum atomic E-state index is -1.16. The summed E-state index contributed by atoms with van der Waals surface area (Å²) in [6.45, 7) is 3.47. The number of rotatable bonds is 8. The summed E-state index contributed by atoms with van der Waals surface area (Å²) in [5.74, 6) is -0.952. The van der Waals surface area contributed by atoms with E-state index in [9.17, 15) is 14.7 Å². The summed E-state index contributed by atoms with van der Waals surface area (Å²) in [5, 5.41) is 13.8. The molecule has 3 N–H and O–H groups in total. The van der Waals surface area contributed by atoms with Crippen LogP contribution in [-0.4, -0.2) is 64.7 Å². The van der Waals surface area contributed by atoms with Gasteiger partial charge in [-0.3, -0.25) is 9.69 Å². The van der Waals surface area contributed by atoms with Crippen LogP contribution in [0.3, 0.4) is 0 Å². The van der Waals surface area contributed by atoms with Crippen LogP contribution in [0.2, 0.25) is 5.02 Å². The van der Waals surface area contributed by atoms with Crippen LogP contribution in [0.1, 0.15) is 32.3 Å². The third-order valence-electron chi connectivity index (χ3n) is 7.49. The summed E-state index contributed by atoms with van der Waals surface area (Å²) in [6, 6.07) is 27.2. The minimum absolute atomic E-state index is 0.0300. The van der Waals surface area contributed by atoms with Gasteiger partial charge in [-0.2, -0.15) is 0 Å². The van der Waals surface area contributed by atoms with Gasteiger partial charge in [-0.25, -0.2) is 9.78 Å². The number of carbonyl (C=O) groups excluding carboxylic acids is 1. The maximum atomic E-state index is 13.6. The molecular formula is C33H29ClN4O4. The van der Waals surface area contributed by atoms with E-state index < -0.39 is 5.97 Å². The maximum Gasteiger partial charge on any atom is 0.336 e. The number of para-hydroxylation sites is 2. The molecule has 0 radical (unpaired) electrons. The number of hydrogen-bond donors (Lipinski definition) is 3. The molecule has 1 saturated heterocycles. The molecule has 1 amide bonds. The molecule has 212 valence electrons. The average molecular weight is 581 g/mol. The number of ether oxygens (including phenoxy) is 1. The number of morpholine rings is 1. The Balaban J connectivity index is 1.35. The lowest BCUT2D eigenvalue weighted by molar-refractivity contribution is 0.0332. The first-order valence-electron chi connectivity index (χ1n) is 13.7. The number of fused-ring (bicyclic) bond motifs is 1. The zero-order valence-corrected chi connectivity index (χ0v) is 23.5. The second-order valence-electron chi connectivity index (χ2n) is 10.2. The molecule has 0 unspecified atom stereocenters. The molecule has 4 aromatic carbocycles. The molecule has 1 aliphatic rings. The van der Waals surface area contributed by atoms with Gasteiger partial charge in [0.25, 0.3) is 5.91 Å². The highest BCUT2D eigenvalue weighted by atomic mass is 35.5. The molecule has 1 aromatic heterocycles. The summed E-state index contributed by atoms with van der Waals surface area (Å²) in [5.41, 5.74) is 4.41. The number of carbonyl (C=O) groups is 2. The molecule has 0 aliphatic carbocycles. The van der Waals surface area contributed by atoms with Crippen molar-refractivity contribution in [3.8, 4) is 22.5 Å². The molecule has 0 bridgehead atoms. The van der Waals surface area contributed by atoms with Crippen molar-refractivity contribution in [1.29, 1.82) is 0 Å². The number of carboxylic acids is 1. The first kappa shape index (κ1) is 27.7. The van der Waals surface area contributed by atoms with E-state index in [1.165, 1.54) is 6.07 Å². The largest absolute Gasteiger partial charge is 0.478 e. The zero-order chi connectivity index (χ0) is 29.1. The smallest absolute Gasteiger partial charge is 0.336 e. The Morgan fingerprint density at radius 3 is 2.48 bits per heavy atom. The number of carboxylic acid groups (broad SMARTS) is 1. The number of hydrogen-bond acceptors (Lipinski definition) is 5. The van der Waals surface area contributed by atoms with Gasteiger partial charge in [0.05, 0.1) is 35.9 Å². The quantitative estimate of drug-likeness (QED) is 0.206. The van der Waals surface area contributed by atoms with E-state index in [0.717, 1.165) is 29.7 Å². The minimum Gasteiger partial charge on any atom is -0.478 e. The number of amides is 1. The van der Waals surface area contributed by atoms with Crippen LogP contribution in [0.5, 0.6) is 0 Å². The van der Waals surface area contributed by atoms with Crippen molar-refractivity contribution in [2.45, 2.75) is 6.04 Å². The van der Waals surface area contributed by atoms with Gasteiger partial charge >= 0.3 is 5.97 Å². The Morgan fingerprint density at radius 1 is 0.952 bits per heavy atom. The van der Waals surface area contributed by atoms with E-state index in [2.05, 4.69) is 15.2 Å². The summed E-state index contributed by atoms with van der Waals surface area (Å²) >= 11 is 6.69. The number of halogens is 1. The Kier molecular flexibility index (Phi) is 8.01. The average Bonchev–Trinajstić information content (AvgIpc) is 3.46. The van der Waals surface area contributed by atoms with Gasteiger partial charge in [-0.05, 0) is 41.5 Å². The van der Waals surface area contributed by atoms with Gasteiger partial charge < -0.3 is 20.1 Å². The molecule has 42 heavy (non-hydrogen) atoms. The highest BCUT2D eigenvalue weighted by Gasteiger charge is 2.24.